The maximum Gasteiger partial charge on any atom is 0.242 e. The van der Waals surface area contributed by atoms with Crippen LogP contribution in [0.1, 0.15) is 4.88 Å². The molecule has 0 fully saturated rings. The summed E-state index contributed by atoms with van der Waals surface area (Å²) in [6.45, 7) is 0.190. The van der Waals surface area contributed by atoms with Crippen LogP contribution in [0.15, 0.2) is 39.7 Å². The lowest BCUT2D eigenvalue weighted by atomic mass is 10.3. The normalized spacial score (nSPS) is 11.7. The average Bonchev–Trinajstić information content (AvgIpc) is 2.72. The molecule has 0 aliphatic carbocycles. The number of thiophene rings is 1. The number of rotatable bonds is 4. The molecule has 0 amide bonds. The van der Waals surface area contributed by atoms with Crippen LogP contribution in [0.2, 0.25) is 4.34 Å². The molecule has 2 aromatic rings. The van der Waals surface area contributed by atoms with Gasteiger partial charge < -0.3 is 5.73 Å². The van der Waals surface area contributed by atoms with Crippen LogP contribution in [0.3, 0.4) is 0 Å². The first-order valence-corrected chi connectivity index (χ1v) is 8.64. The molecule has 1 aromatic heterocycles. The monoisotopic (exact) mass is 380 g/mol. The second-order valence-electron chi connectivity index (χ2n) is 3.71. The molecule has 2 rings (SSSR count). The fraction of sp³-hybridized carbons (Fsp3) is 0.0909. The number of nitrogens with two attached hydrogens (primary N) is 1. The van der Waals surface area contributed by atoms with Gasteiger partial charge in [-0.05, 0) is 30.3 Å². The summed E-state index contributed by atoms with van der Waals surface area (Å²) in [6, 6.07) is 8.15. The van der Waals surface area contributed by atoms with Crippen LogP contribution in [0.25, 0.3) is 0 Å². The Balaban J connectivity index is 2.18. The Morgan fingerprint density at radius 3 is 2.63 bits per heavy atom. The molecule has 0 unspecified atom stereocenters. The van der Waals surface area contributed by atoms with Crippen LogP contribution in [0, 0.1) is 0 Å². The van der Waals surface area contributed by atoms with Crippen molar-refractivity contribution >= 4 is 54.6 Å². The molecule has 0 saturated heterocycles. The van der Waals surface area contributed by atoms with Gasteiger partial charge >= 0.3 is 0 Å². The fourth-order valence-corrected chi connectivity index (χ4v) is 4.07. The Labute approximate surface area is 128 Å². The van der Waals surface area contributed by atoms with Gasteiger partial charge in [0.25, 0.3) is 0 Å². The zero-order valence-electron chi connectivity index (χ0n) is 9.56. The predicted octanol–water partition coefficient (Wildman–Crippen LogP) is 3.22. The van der Waals surface area contributed by atoms with E-state index >= 15 is 0 Å². The van der Waals surface area contributed by atoms with Gasteiger partial charge in [0, 0.05) is 15.9 Å². The third kappa shape index (κ3) is 3.70. The van der Waals surface area contributed by atoms with Crippen molar-refractivity contribution < 1.29 is 8.42 Å². The number of benzene rings is 1. The Kier molecular flexibility index (Phi) is 4.52. The molecule has 4 nitrogen and oxygen atoms in total. The van der Waals surface area contributed by atoms with E-state index in [2.05, 4.69) is 20.7 Å². The van der Waals surface area contributed by atoms with Gasteiger partial charge in [-0.2, -0.15) is 0 Å². The third-order valence-electron chi connectivity index (χ3n) is 2.33. The number of nitrogens with one attached hydrogen (secondary N) is 1. The number of hydrogen-bond acceptors (Lipinski definition) is 4. The molecule has 8 heteroatoms. The largest absolute Gasteiger partial charge is 0.398 e. The number of halogens is 2. The van der Waals surface area contributed by atoms with Crippen molar-refractivity contribution in [1.29, 1.82) is 0 Å². The summed E-state index contributed by atoms with van der Waals surface area (Å²) in [5.74, 6) is 0. The van der Waals surface area contributed by atoms with E-state index in [4.69, 9.17) is 17.3 Å². The van der Waals surface area contributed by atoms with Gasteiger partial charge in [-0.1, -0.05) is 27.5 Å². The maximum absolute atomic E-state index is 12.1. The summed E-state index contributed by atoms with van der Waals surface area (Å²) in [6.07, 6.45) is 0. The average molecular weight is 382 g/mol. The summed E-state index contributed by atoms with van der Waals surface area (Å²) in [5, 5.41) is 0. The molecular weight excluding hydrogens is 372 g/mol. The van der Waals surface area contributed by atoms with E-state index in [-0.39, 0.29) is 17.1 Å². The van der Waals surface area contributed by atoms with Gasteiger partial charge in [0.15, 0.2) is 0 Å². The SMILES string of the molecule is Nc1cc(Br)ccc1S(=O)(=O)NCc1ccc(Cl)s1. The van der Waals surface area contributed by atoms with Crippen molar-refractivity contribution in [3.8, 4) is 0 Å². The highest BCUT2D eigenvalue weighted by atomic mass is 79.9. The smallest absolute Gasteiger partial charge is 0.242 e. The van der Waals surface area contributed by atoms with E-state index in [1.54, 1.807) is 24.3 Å². The summed E-state index contributed by atoms with van der Waals surface area (Å²) < 4.78 is 28.1. The molecule has 1 heterocycles. The Morgan fingerprint density at radius 1 is 1.32 bits per heavy atom. The number of nitrogen functional groups attached to an aromatic ring is 1. The molecule has 3 N–H and O–H groups in total. The van der Waals surface area contributed by atoms with Crippen molar-refractivity contribution in [2.75, 3.05) is 5.73 Å². The van der Waals surface area contributed by atoms with Gasteiger partial charge in [-0.3, -0.25) is 0 Å². The van der Waals surface area contributed by atoms with Crippen molar-refractivity contribution in [1.82, 2.24) is 4.72 Å². The Bertz CT molecular complexity index is 700. The minimum atomic E-state index is -3.63. The van der Waals surface area contributed by atoms with E-state index in [1.165, 1.54) is 17.4 Å². The highest BCUT2D eigenvalue weighted by molar-refractivity contribution is 9.10. The third-order valence-corrected chi connectivity index (χ3v) is 5.53. The van der Waals surface area contributed by atoms with Gasteiger partial charge in [-0.25, -0.2) is 13.1 Å². The number of anilines is 1. The molecule has 0 bridgehead atoms. The van der Waals surface area contributed by atoms with Gasteiger partial charge in [0.05, 0.1) is 10.0 Å². The Morgan fingerprint density at radius 2 is 2.05 bits per heavy atom. The van der Waals surface area contributed by atoms with Crippen LogP contribution < -0.4 is 10.5 Å². The summed E-state index contributed by atoms with van der Waals surface area (Å²) >= 11 is 10.3. The van der Waals surface area contributed by atoms with E-state index in [0.717, 1.165) is 9.35 Å². The highest BCUT2D eigenvalue weighted by Gasteiger charge is 2.17. The minimum absolute atomic E-state index is 0.0679. The van der Waals surface area contributed by atoms with Crippen molar-refractivity contribution in [2.24, 2.45) is 0 Å². The molecule has 0 aliphatic rings. The van der Waals surface area contributed by atoms with Gasteiger partial charge in [-0.15, -0.1) is 11.3 Å². The lowest BCUT2D eigenvalue weighted by Gasteiger charge is -2.08. The topological polar surface area (TPSA) is 72.2 Å². The molecule has 0 spiro atoms. The maximum atomic E-state index is 12.1. The van der Waals surface area contributed by atoms with Crippen molar-refractivity contribution in [3.63, 3.8) is 0 Å². The molecular formula is C11H10BrClN2O2S2. The molecule has 0 aliphatic heterocycles. The zero-order chi connectivity index (χ0) is 14.0. The lowest BCUT2D eigenvalue weighted by Crippen LogP contribution is -2.23. The van der Waals surface area contributed by atoms with Crippen LogP contribution in [0.5, 0.6) is 0 Å². The van der Waals surface area contributed by atoms with Crippen LogP contribution in [-0.2, 0) is 16.6 Å². The van der Waals surface area contributed by atoms with E-state index in [0.29, 0.717) is 4.34 Å². The van der Waals surface area contributed by atoms with Crippen LogP contribution in [0.4, 0.5) is 5.69 Å². The summed E-state index contributed by atoms with van der Waals surface area (Å²) in [5.41, 5.74) is 5.91. The minimum Gasteiger partial charge on any atom is -0.398 e. The quantitative estimate of drug-likeness (QED) is 0.799. The van der Waals surface area contributed by atoms with Gasteiger partial charge in [0.1, 0.15) is 4.90 Å². The van der Waals surface area contributed by atoms with E-state index < -0.39 is 10.0 Å². The van der Waals surface area contributed by atoms with Crippen LogP contribution in [-0.4, -0.2) is 8.42 Å². The van der Waals surface area contributed by atoms with Crippen molar-refractivity contribution in [3.05, 3.63) is 44.0 Å². The molecule has 19 heavy (non-hydrogen) atoms. The van der Waals surface area contributed by atoms with E-state index in [9.17, 15) is 8.42 Å². The molecule has 0 saturated carbocycles. The first-order chi connectivity index (χ1) is 8.88. The van der Waals surface area contributed by atoms with Crippen LogP contribution >= 0.6 is 38.9 Å². The number of hydrogen-bond donors (Lipinski definition) is 2. The predicted molar refractivity (Wildman–Crippen MR) is 81.9 cm³/mol. The standard InChI is InChI=1S/C11H10BrClN2O2S2/c12-7-1-3-10(9(14)5-7)19(16,17)15-6-8-2-4-11(13)18-8/h1-5,15H,6,14H2. The second-order valence-corrected chi connectivity index (χ2v) is 8.16. The summed E-state index contributed by atoms with van der Waals surface area (Å²) in [4.78, 5) is 0.905. The first-order valence-electron chi connectivity index (χ1n) is 5.17. The second kappa shape index (κ2) is 5.80. The Hall–Kier alpha value is -0.600. The fourth-order valence-electron chi connectivity index (χ4n) is 1.45. The molecule has 0 atom stereocenters. The lowest BCUT2D eigenvalue weighted by molar-refractivity contribution is 0.582. The highest BCUT2D eigenvalue weighted by Crippen LogP contribution is 2.24. The molecule has 102 valence electrons. The zero-order valence-corrected chi connectivity index (χ0v) is 13.5. The van der Waals surface area contributed by atoms with Crippen molar-refractivity contribution in [2.45, 2.75) is 11.4 Å². The number of sulfonamides is 1. The van der Waals surface area contributed by atoms with Gasteiger partial charge in [0.2, 0.25) is 10.0 Å². The summed E-state index contributed by atoms with van der Waals surface area (Å²) in [7, 11) is -3.63. The molecule has 0 radical (unpaired) electrons. The first kappa shape index (κ1) is 14.8. The van der Waals surface area contributed by atoms with E-state index in [1.807, 2.05) is 0 Å². The molecule has 1 aromatic carbocycles.